The van der Waals surface area contributed by atoms with E-state index in [0.29, 0.717) is 10.8 Å². The number of benzene rings is 7. The van der Waals surface area contributed by atoms with Crippen LogP contribution in [0.25, 0.3) is 38.7 Å². The Labute approximate surface area is 255 Å². The molecule has 0 saturated heterocycles. The van der Waals surface area contributed by atoms with Crippen molar-refractivity contribution in [1.82, 2.24) is 0 Å². The SMILES string of the molecule is CC1(C)c2cc(C=c3c(=O)c4cccc5cccc(c3=O)c54)ccc2-c2ccc(N(c3ccccc3)c3ccccc3)cc21. The molecule has 3 heteroatoms. The number of fused-ring (bicyclic) bond motifs is 3. The average molecular weight is 568 g/mol. The van der Waals surface area contributed by atoms with E-state index in [1.165, 1.54) is 22.3 Å². The van der Waals surface area contributed by atoms with Crippen LogP contribution in [0.5, 0.6) is 0 Å². The van der Waals surface area contributed by atoms with Gasteiger partial charge in [0.15, 0.2) is 10.9 Å². The molecule has 210 valence electrons. The summed E-state index contributed by atoms with van der Waals surface area (Å²) < 4.78 is 0. The first-order valence-electron chi connectivity index (χ1n) is 14.9. The second kappa shape index (κ2) is 9.75. The Morgan fingerprint density at radius 1 is 0.545 bits per heavy atom. The van der Waals surface area contributed by atoms with Crippen molar-refractivity contribution in [3.8, 4) is 11.1 Å². The highest BCUT2D eigenvalue weighted by Crippen LogP contribution is 2.51. The van der Waals surface area contributed by atoms with E-state index in [1.54, 1.807) is 6.08 Å². The molecule has 3 nitrogen and oxygen atoms in total. The van der Waals surface area contributed by atoms with Gasteiger partial charge in [0, 0.05) is 38.6 Å². The number of hydrogen-bond donors (Lipinski definition) is 0. The Balaban J connectivity index is 1.26. The molecular formula is C41H29NO2. The van der Waals surface area contributed by atoms with E-state index in [0.717, 1.165) is 33.4 Å². The summed E-state index contributed by atoms with van der Waals surface area (Å²) in [5, 5.41) is 3.06. The summed E-state index contributed by atoms with van der Waals surface area (Å²) in [6, 6.07) is 45.2. The Bertz CT molecular complexity index is 2290. The first kappa shape index (κ1) is 26.1. The maximum absolute atomic E-state index is 13.6. The molecule has 0 aromatic heterocycles. The maximum Gasteiger partial charge on any atom is 0.197 e. The van der Waals surface area contributed by atoms with Gasteiger partial charge in [0.25, 0.3) is 0 Å². The van der Waals surface area contributed by atoms with E-state index in [2.05, 4.69) is 97.6 Å². The molecule has 0 fully saturated rings. The lowest BCUT2D eigenvalue weighted by Crippen LogP contribution is -2.38. The molecule has 0 atom stereocenters. The molecule has 1 aliphatic rings. The van der Waals surface area contributed by atoms with Gasteiger partial charge in [0.05, 0.1) is 5.22 Å². The van der Waals surface area contributed by atoms with Crippen LogP contribution < -0.4 is 21.0 Å². The number of rotatable bonds is 4. The zero-order chi connectivity index (χ0) is 30.0. The third-order valence-corrected chi connectivity index (χ3v) is 9.16. The van der Waals surface area contributed by atoms with Crippen molar-refractivity contribution in [2.75, 3.05) is 4.90 Å². The molecule has 0 amide bonds. The van der Waals surface area contributed by atoms with Gasteiger partial charge in [0.2, 0.25) is 0 Å². The number of anilines is 3. The number of nitrogens with zero attached hydrogens (tertiary/aromatic N) is 1. The van der Waals surface area contributed by atoms with Crippen LogP contribution in [-0.2, 0) is 5.41 Å². The van der Waals surface area contributed by atoms with Gasteiger partial charge >= 0.3 is 0 Å². The normalized spacial score (nSPS) is 13.1. The van der Waals surface area contributed by atoms with E-state index >= 15 is 0 Å². The Morgan fingerprint density at radius 3 is 1.68 bits per heavy atom. The Hall–Kier alpha value is -5.54. The van der Waals surface area contributed by atoms with E-state index in [9.17, 15) is 9.59 Å². The summed E-state index contributed by atoms with van der Waals surface area (Å²) >= 11 is 0. The number of hydrogen-bond acceptors (Lipinski definition) is 3. The highest BCUT2D eigenvalue weighted by Gasteiger charge is 2.36. The molecular weight excluding hydrogens is 538 g/mol. The molecule has 0 heterocycles. The van der Waals surface area contributed by atoms with Gasteiger partial charge in [-0.3, -0.25) is 9.59 Å². The molecule has 7 aromatic rings. The Morgan fingerprint density at radius 2 is 1.09 bits per heavy atom. The van der Waals surface area contributed by atoms with Crippen LogP contribution in [0.2, 0.25) is 0 Å². The van der Waals surface area contributed by atoms with Gasteiger partial charge < -0.3 is 4.90 Å². The molecule has 0 saturated carbocycles. The summed E-state index contributed by atoms with van der Waals surface area (Å²) in [6.07, 6.45) is 1.77. The van der Waals surface area contributed by atoms with Crippen LogP contribution >= 0.6 is 0 Å². The zero-order valence-corrected chi connectivity index (χ0v) is 24.5. The van der Waals surface area contributed by atoms with E-state index in [4.69, 9.17) is 0 Å². The van der Waals surface area contributed by atoms with Crippen LogP contribution in [0.1, 0.15) is 30.5 Å². The number of para-hydroxylation sites is 2. The topological polar surface area (TPSA) is 37.4 Å². The van der Waals surface area contributed by atoms with E-state index in [-0.39, 0.29) is 21.5 Å². The minimum atomic E-state index is -0.285. The molecule has 7 aromatic carbocycles. The lowest BCUT2D eigenvalue weighted by atomic mass is 9.81. The molecule has 0 radical (unpaired) electrons. The summed E-state index contributed by atoms with van der Waals surface area (Å²) in [5.74, 6) is 0. The molecule has 0 spiro atoms. The minimum absolute atomic E-state index is 0.214. The van der Waals surface area contributed by atoms with Crippen LogP contribution in [0.4, 0.5) is 17.1 Å². The summed E-state index contributed by atoms with van der Waals surface area (Å²) in [5.41, 5.74) is 8.25. The van der Waals surface area contributed by atoms with Crippen molar-refractivity contribution in [1.29, 1.82) is 0 Å². The fourth-order valence-electron chi connectivity index (χ4n) is 6.98. The largest absolute Gasteiger partial charge is 0.310 e. The molecule has 0 unspecified atom stereocenters. The summed E-state index contributed by atoms with van der Waals surface area (Å²) in [4.78, 5) is 29.5. The lowest BCUT2D eigenvalue weighted by Gasteiger charge is -2.28. The quantitative estimate of drug-likeness (QED) is 0.214. The van der Waals surface area contributed by atoms with Gasteiger partial charge in [-0.2, -0.15) is 0 Å². The highest BCUT2D eigenvalue weighted by atomic mass is 16.1. The zero-order valence-electron chi connectivity index (χ0n) is 24.5. The van der Waals surface area contributed by atoms with Gasteiger partial charge in [-0.05, 0) is 75.7 Å². The molecule has 44 heavy (non-hydrogen) atoms. The third-order valence-electron chi connectivity index (χ3n) is 9.16. The predicted molar refractivity (Wildman–Crippen MR) is 183 cm³/mol. The van der Waals surface area contributed by atoms with Crippen molar-refractivity contribution in [2.24, 2.45) is 0 Å². The van der Waals surface area contributed by atoms with Crippen molar-refractivity contribution >= 4 is 44.7 Å². The smallest absolute Gasteiger partial charge is 0.197 e. The van der Waals surface area contributed by atoms with Gasteiger partial charge in [0.1, 0.15) is 0 Å². The fraction of sp³-hybridized carbons (Fsp3) is 0.0732. The van der Waals surface area contributed by atoms with E-state index < -0.39 is 0 Å². The van der Waals surface area contributed by atoms with Crippen molar-refractivity contribution in [3.63, 3.8) is 0 Å². The van der Waals surface area contributed by atoms with Crippen LogP contribution in [0.15, 0.2) is 143 Å². The third kappa shape index (κ3) is 3.90. The highest BCUT2D eigenvalue weighted by molar-refractivity contribution is 6.09. The van der Waals surface area contributed by atoms with Crippen molar-refractivity contribution in [3.05, 3.63) is 176 Å². The second-order valence-corrected chi connectivity index (χ2v) is 12.1. The maximum atomic E-state index is 13.6. The standard InChI is InChI=1S/C41H29NO2/c1-41(2)36-24-26(23-35-39(43)33-17-9-11-27-12-10-18-34(38(27)33)40(35)44)19-21-31(36)32-22-20-30(25-37(32)41)42(28-13-5-3-6-14-28)29-15-7-4-8-16-29/h3-25H,1-2H3. The molecule has 0 aliphatic heterocycles. The van der Waals surface area contributed by atoms with Gasteiger partial charge in [-0.15, -0.1) is 0 Å². The Kier molecular flexibility index (Phi) is 5.79. The minimum Gasteiger partial charge on any atom is -0.310 e. The van der Waals surface area contributed by atoms with Crippen LogP contribution in [0.3, 0.4) is 0 Å². The first-order chi connectivity index (χ1) is 21.4. The average Bonchev–Trinajstić information content (AvgIpc) is 3.28. The van der Waals surface area contributed by atoms with Crippen molar-refractivity contribution < 1.29 is 0 Å². The molecule has 1 aliphatic carbocycles. The first-order valence-corrected chi connectivity index (χ1v) is 14.9. The molecule has 8 rings (SSSR count). The van der Waals surface area contributed by atoms with Gasteiger partial charge in [-0.1, -0.05) is 111 Å². The van der Waals surface area contributed by atoms with Crippen LogP contribution in [0, 0.1) is 0 Å². The predicted octanol–water partition coefficient (Wildman–Crippen LogP) is 8.48. The van der Waals surface area contributed by atoms with Crippen molar-refractivity contribution in [2.45, 2.75) is 19.3 Å². The lowest BCUT2D eigenvalue weighted by molar-refractivity contribution is 0.660. The van der Waals surface area contributed by atoms with Gasteiger partial charge in [-0.25, -0.2) is 0 Å². The fourth-order valence-corrected chi connectivity index (χ4v) is 6.98. The summed E-state index contributed by atoms with van der Waals surface area (Å²) in [7, 11) is 0. The van der Waals surface area contributed by atoms with Crippen LogP contribution in [-0.4, -0.2) is 0 Å². The molecule has 0 N–H and O–H groups in total. The monoisotopic (exact) mass is 567 g/mol. The van der Waals surface area contributed by atoms with E-state index in [1.807, 2.05) is 54.6 Å². The second-order valence-electron chi connectivity index (χ2n) is 12.1. The molecule has 0 bridgehead atoms. The summed E-state index contributed by atoms with van der Waals surface area (Å²) in [6.45, 7) is 4.50.